The van der Waals surface area contributed by atoms with E-state index >= 15 is 0 Å². The maximum atomic E-state index is 12.2. The molecule has 2 heterocycles. The maximum Gasteiger partial charge on any atom is 0.257 e. The number of rotatable bonds is 6. The minimum Gasteiger partial charge on any atom is -0.477 e. The van der Waals surface area contributed by atoms with Crippen molar-refractivity contribution in [3.05, 3.63) is 42.4 Å². The minimum absolute atomic E-state index is 0.0444. The van der Waals surface area contributed by atoms with Gasteiger partial charge in [0.05, 0.1) is 13.2 Å². The molecule has 2 aromatic rings. The Kier molecular flexibility index (Phi) is 4.70. The lowest BCUT2D eigenvalue weighted by Crippen LogP contribution is -2.36. The van der Waals surface area contributed by atoms with E-state index in [0.29, 0.717) is 24.6 Å². The second kappa shape index (κ2) is 6.70. The number of nitrogens with one attached hydrogen (secondary N) is 1. The third-order valence-corrected chi connectivity index (χ3v) is 2.69. The normalized spacial score (nSPS) is 11.9. The molecule has 0 spiro atoms. The average molecular weight is 274 g/mol. The predicted molar refractivity (Wildman–Crippen MR) is 74.6 cm³/mol. The number of aromatic nitrogens is 3. The Morgan fingerprint density at radius 3 is 3.00 bits per heavy atom. The summed E-state index contributed by atoms with van der Waals surface area (Å²) in [5.74, 6) is 0.167. The number of hydrogen-bond donors (Lipinski definition) is 1. The molecule has 0 fully saturated rings. The van der Waals surface area contributed by atoms with E-state index in [1.807, 2.05) is 26.1 Å². The first-order valence-electron chi connectivity index (χ1n) is 6.56. The summed E-state index contributed by atoms with van der Waals surface area (Å²) in [5.41, 5.74) is 0.446. The lowest BCUT2D eigenvalue weighted by Gasteiger charge is -2.15. The van der Waals surface area contributed by atoms with Crippen LogP contribution in [0.4, 0.5) is 0 Å². The van der Waals surface area contributed by atoms with Crippen LogP contribution in [0.1, 0.15) is 24.2 Å². The van der Waals surface area contributed by atoms with Gasteiger partial charge in [0.1, 0.15) is 5.56 Å². The van der Waals surface area contributed by atoms with Gasteiger partial charge < -0.3 is 10.1 Å². The molecule has 0 saturated carbocycles. The van der Waals surface area contributed by atoms with Gasteiger partial charge in [-0.3, -0.25) is 9.48 Å². The number of carbonyl (C=O) groups excluding carboxylic acids is 1. The Bertz CT molecular complexity index is 554. The third-order valence-electron chi connectivity index (χ3n) is 2.69. The van der Waals surface area contributed by atoms with Crippen LogP contribution in [0.5, 0.6) is 5.88 Å². The van der Waals surface area contributed by atoms with Gasteiger partial charge in [-0.15, -0.1) is 0 Å². The van der Waals surface area contributed by atoms with Gasteiger partial charge in [-0.1, -0.05) is 0 Å². The molecule has 1 N–H and O–H groups in total. The van der Waals surface area contributed by atoms with Gasteiger partial charge in [-0.05, 0) is 32.0 Å². The van der Waals surface area contributed by atoms with E-state index in [0.717, 1.165) is 0 Å². The van der Waals surface area contributed by atoms with E-state index in [2.05, 4.69) is 15.4 Å². The molecule has 1 atom stereocenters. The molecule has 6 nitrogen and oxygen atoms in total. The first-order chi connectivity index (χ1) is 9.70. The summed E-state index contributed by atoms with van der Waals surface area (Å²) in [6, 6.07) is 5.23. The van der Waals surface area contributed by atoms with E-state index in [9.17, 15) is 4.79 Å². The zero-order valence-electron chi connectivity index (χ0n) is 11.6. The van der Waals surface area contributed by atoms with E-state index < -0.39 is 0 Å². The molecule has 0 unspecified atom stereocenters. The fourth-order valence-electron chi connectivity index (χ4n) is 1.85. The summed E-state index contributed by atoms with van der Waals surface area (Å²) in [7, 11) is 0. The van der Waals surface area contributed by atoms with Crippen molar-refractivity contribution in [2.75, 3.05) is 6.61 Å². The van der Waals surface area contributed by atoms with Gasteiger partial charge >= 0.3 is 0 Å². The number of hydrogen-bond acceptors (Lipinski definition) is 4. The highest BCUT2D eigenvalue weighted by Gasteiger charge is 2.15. The van der Waals surface area contributed by atoms with Crippen molar-refractivity contribution in [2.45, 2.75) is 26.4 Å². The van der Waals surface area contributed by atoms with Crippen LogP contribution >= 0.6 is 0 Å². The van der Waals surface area contributed by atoms with Crippen LogP contribution in [-0.4, -0.2) is 33.3 Å². The number of amides is 1. The largest absolute Gasteiger partial charge is 0.477 e. The van der Waals surface area contributed by atoms with Crippen LogP contribution in [0, 0.1) is 0 Å². The molecule has 2 rings (SSSR count). The molecule has 0 aliphatic carbocycles. The van der Waals surface area contributed by atoms with Crippen LogP contribution in [0.15, 0.2) is 36.8 Å². The predicted octanol–water partition coefficient (Wildman–Crippen LogP) is 1.50. The standard InChI is InChI=1S/C14H18N4O2/c1-3-20-14-12(6-4-7-15-14)13(19)17-11(2)10-18-9-5-8-16-18/h4-9,11H,3,10H2,1-2H3,(H,17,19)/t11-/m0/s1. The van der Waals surface area contributed by atoms with Gasteiger partial charge in [0, 0.05) is 24.6 Å². The molecular formula is C14H18N4O2. The highest BCUT2D eigenvalue weighted by molar-refractivity contribution is 5.96. The maximum absolute atomic E-state index is 12.2. The minimum atomic E-state index is -0.193. The van der Waals surface area contributed by atoms with E-state index in [-0.39, 0.29) is 11.9 Å². The summed E-state index contributed by atoms with van der Waals surface area (Å²) < 4.78 is 7.13. The Morgan fingerprint density at radius 1 is 1.45 bits per heavy atom. The van der Waals surface area contributed by atoms with E-state index in [1.165, 1.54) is 0 Å². The molecule has 0 aliphatic heterocycles. The smallest absolute Gasteiger partial charge is 0.257 e. The molecule has 0 saturated heterocycles. The molecule has 106 valence electrons. The fourth-order valence-corrected chi connectivity index (χ4v) is 1.85. The Balaban J connectivity index is 2.00. The highest BCUT2D eigenvalue weighted by atomic mass is 16.5. The molecular weight excluding hydrogens is 256 g/mol. The molecule has 1 amide bonds. The van der Waals surface area contributed by atoms with Crippen LogP contribution in [0.3, 0.4) is 0 Å². The molecule has 20 heavy (non-hydrogen) atoms. The van der Waals surface area contributed by atoms with Gasteiger partial charge in [0.15, 0.2) is 0 Å². The van der Waals surface area contributed by atoms with E-state index in [1.54, 1.807) is 29.2 Å². The summed E-state index contributed by atoms with van der Waals surface area (Å²) in [5, 5.41) is 7.03. The molecule has 2 aromatic heterocycles. The Hall–Kier alpha value is -2.37. The number of carbonyl (C=O) groups is 1. The fraction of sp³-hybridized carbons (Fsp3) is 0.357. The average Bonchev–Trinajstić information content (AvgIpc) is 2.92. The topological polar surface area (TPSA) is 69.0 Å². The van der Waals surface area contributed by atoms with Crippen LogP contribution < -0.4 is 10.1 Å². The number of nitrogens with zero attached hydrogens (tertiary/aromatic N) is 3. The SMILES string of the molecule is CCOc1ncccc1C(=O)N[C@@H](C)Cn1cccn1. The number of ether oxygens (including phenoxy) is 1. The summed E-state index contributed by atoms with van der Waals surface area (Å²) in [6.07, 6.45) is 5.18. The van der Waals surface area contributed by atoms with Gasteiger partial charge in [0.25, 0.3) is 5.91 Å². The lowest BCUT2D eigenvalue weighted by molar-refractivity contribution is 0.0931. The van der Waals surface area contributed by atoms with Crippen LogP contribution in [0.2, 0.25) is 0 Å². The Labute approximate surface area is 117 Å². The highest BCUT2D eigenvalue weighted by Crippen LogP contribution is 2.14. The van der Waals surface area contributed by atoms with Crippen LogP contribution in [-0.2, 0) is 6.54 Å². The monoisotopic (exact) mass is 274 g/mol. The van der Waals surface area contributed by atoms with Crippen molar-refractivity contribution in [1.29, 1.82) is 0 Å². The van der Waals surface area contributed by atoms with Crippen molar-refractivity contribution in [2.24, 2.45) is 0 Å². The second-order valence-electron chi connectivity index (χ2n) is 4.39. The molecule has 0 bridgehead atoms. The van der Waals surface area contributed by atoms with Gasteiger partial charge in [-0.2, -0.15) is 5.10 Å². The zero-order chi connectivity index (χ0) is 14.4. The summed E-state index contributed by atoms with van der Waals surface area (Å²) >= 11 is 0. The van der Waals surface area contributed by atoms with Gasteiger partial charge in [-0.25, -0.2) is 4.98 Å². The van der Waals surface area contributed by atoms with Crippen LogP contribution in [0.25, 0.3) is 0 Å². The van der Waals surface area contributed by atoms with Crippen molar-refractivity contribution >= 4 is 5.91 Å². The van der Waals surface area contributed by atoms with Crippen molar-refractivity contribution in [3.63, 3.8) is 0 Å². The molecule has 6 heteroatoms. The molecule has 0 radical (unpaired) electrons. The number of pyridine rings is 1. The molecule has 0 aromatic carbocycles. The van der Waals surface area contributed by atoms with Crippen molar-refractivity contribution < 1.29 is 9.53 Å². The first kappa shape index (κ1) is 14.0. The van der Waals surface area contributed by atoms with Crippen molar-refractivity contribution in [1.82, 2.24) is 20.1 Å². The second-order valence-corrected chi connectivity index (χ2v) is 4.39. The summed E-state index contributed by atoms with van der Waals surface area (Å²) in [4.78, 5) is 16.3. The van der Waals surface area contributed by atoms with Gasteiger partial charge in [0.2, 0.25) is 5.88 Å². The third kappa shape index (κ3) is 3.57. The van der Waals surface area contributed by atoms with E-state index in [4.69, 9.17) is 4.74 Å². The Morgan fingerprint density at radius 2 is 2.30 bits per heavy atom. The lowest BCUT2D eigenvalue weighted by atomic mass is 10.2. The van der Waals surface area contributed by atoms with Crippen molar-refractivity contribution in [3.8, 4) is 5.88 Å². The quantitative estimate of drug-likeness (QED) is 0.866. The molecule has 0 aliphatic rings. The first-order valence-corrected chi connectivity index (χ1v) is 6.56. The summed E-state index contributed by atoms with van der Waals surface area (Å²) in [6.45, 7) is 4.87. The zero-order valence-corrected chi connectivity index (χ0v) is 11.6.